The van der Waals surface area contributed by atoms with Crippen LogP contribution in [0.1, 0.15) is 57.6 Å². The molecule has 4 nitrogen and oxygen atoms in total. The minimum Gasteiger partial charge on any atom is -0.381 e. The first-order chi connectivity index (χ1) is 9.79. The number of anilines is 1. The smallest absolute Gasteiger partial charge is 0.203 e. The Morgan fingerprint density at radius 3 is 2.80 bits per heavy atom. The van der Waals surface area contributed by atoms with Crippen molar-refractivity contribution in [3.63, 3.8) is 0 Å². The molecule has 0 bridgehead atoms. The first-order valence-electron chi connectivity index (χ1n) is 8.17. The molecule has 0 spiro atoms. The van der Waals surface area contributed by atoms with Crippen LogP contribution in [0.25, 0.3) is 0 Å². The molecule has 1 fully saturated rings. The average Bonchev–Trinajstić information content (AvgIpc) is 3.04. The Balaban J connectivity index is 1.75. The van der Waals surface area contributed by atoms with Crippen LogP contribution in [-0.2, 0) is 11.3 Å². The molecule has 0 aromatic carbocycles. The van der Waals surface area contributed by atoms with Gasteiger partial charge in [0.25, 0.3) is 0 Å². The van der Waals surface area contributed by atoms with Gasteiger partial charge in [0, 0.05) is 32.0 Å². The normalized spacial score (nSPS) is 15.9. The Morgan fingerprint density at radius 1 is 1.30 bits per heavy atom. The van der Waals surface area contributed by atoms with Gasteiger partial charge in [-0.25, -0.2) is 4.98 Å². The second kappa shape index (κ2) is 8.30. The van der Waals surface area contributed by atoms with Gasteiger partial charge >= 0.3 is 0 Å². The summed E-state index contributed by atoms with van der Waals surface area (Å²) in [6.07, 6.45) is 10.8. The van der Waals surface area contributed by atoms with Crippen molar-refractivity contribution in [3.8, 4) is 0 Å². The summed E-state index contributed by atoms with van der Waals surface area (Å²) < 4.78 is 7.87. The summed E-state index contributed by atoms with van der Waals surface area (Å²) in [5, 5.41) is 3.60. The number of unbranched alkanes of at least 4 members (excludes halogenated alkanes) is 1. The first-order valence-corrected chi connectivity index (χ1v) is 8.17. The van der Waals surface area contributed by atoms with Crippen LogP contribution in [0.2, 0.25) is 0 Å². The van der Waals surface area contributed by atoms with E-state index < -0.39 is 0 Å². The highest BCUT2D eigenvalue weighted by atomic mass is 16.5. The number of ether oxygens (including phenoxy) is 1. The Bertz CT molecular complexity index is 383. The van der Waals surface area contributed by atoms with E-state index in [4.69, 9.17) is 4.74 Å². The van der Waals surface area contributed by atoms with Crippen molar-refractivity contribution in [3.05, 3.63) is 11.9 Å². The lowest BCUT2D eigenvalue weighted by molar-refractivity contribution is 0.126. The molecule has 0 atom stereocenters. The Kier molecular flexibility index (Phi) is 6.37. The lowest BCUT2D eigenvalue weighted by atomic mass is 10.2. The topological polar surface area (TPSA) is 39.1 Å². The molecule has 1 aromatic rings. The van der Waals surface area contributed by atoms with E-state index in [1.165, 1.54) is 38.5 Å². The molecular weight excluding hydrogens is 250 g/mol. The van der Waals surface area contributed by atoms with Gasteiger partial charge in [-0.1, -0.05) is 26.2 Å². The van der Waals surface area contributed by atoms with Gasteiger partial charge in [0.1, 0.15) is 0 Å². The van der Waals surface area contributed by atoms with Crippen LogP contribution in [0.4, 0.5) is 5.95 Å². The van der Waals surface area contributed by atoms with Crippen molar-refractivity contribution >= 4 is 5.95 Å². The molecule has 4 heteroatoms. The Labute approximate surface area is 122 Å². The molecule has 0 unspecified atom stereocenters. The van der Waals surface area contributed by atoms with E-state index >= 15 is 0 Å². The molecule has 1 aliphatic rings. The van der Waals surface area contributed by atoms with Crippen molar-refractivity contribution in [2.45, 2.75) is 71.4 Å². The molecule has 1 N–H and O–H groups in total. The quantitative estimate of drug-likeness (QED) is 0.700. The van der Waals surface area contributed by atoms with Crippen LogP contribution in [0, 0.1) is 6.92 Å². The maximum Gasteiger partial charge on any atom is 0.203 e. The lowest BCUT2D eigenvalue weighted by Crippen LogP contribution is -2.18. The largest absolute Gasteiger partial charge is 0.381 e. The molecule has 0 amide bonds. The van der Waals surface area contributed by atoms with E-state index in [1.807, 2.05) is 0 Å². The molecule has 20 heavy (non-hydrogen) atoms. The van der Waals surface area contributed by atoms with Crippen LogP contribution in [0.3, 0.4) is 0 Å². The maximum absolute atomic E-state index is 5.62. The highest BCUT2D eigenvalue weighted by Crippen LogP contribution is 2.22. The molecule has 2 rings (SSSR count). The number of aromatic nitrogens is 2. The van der Waals surface area contributed by atoms with Gasteiger partial charge in [-0.05, 0) is 32.6 Å². The number of rotatable bonds is 9. The van der Waals surface area contributed by atoms with E-state index in [2.05, 4.69) is 34.9 Å². The molecule has 1 aliphatic carbocycles. The lowest BCUT2D eigenvalue weighted by Gasteiger charge is -2.14. The highest BCUT2D eigenvalue weighted by Gasteiger charge is 2.17. The Morgan fingerprint density at radius 2 is 2.05 bits per heavy atom. The van der Waals surface area contributed by atoms with Crippen molar-refractivity contribution in [2.75, 3.05) is 18.5 Å². The van der Waals surface area contributed by atoms with Gasteiger partial charge < -0.3 is 14.6 Å². The third kappa shape index (κ3) is 4.82. The van der Waals surface area contributed by atoms with Gasteiger partial charge in [-0.15, -0.1) is 0 Å². The summed E-state index contributed by atoms with van der Waals surface area (Å²) >= 11 is 0. The molecule has 0 saturated heterocycles. The predicted octanol–water partition coefficient (Wildman–Crippen LogP) is 3.75. The van der Waals surface area contributed by atoms with Crippen LogP contribution in [0.5, 0.6) is 0 Å². The van der Waals surface area contributed by atoms with Gasteiger partial charge in [0.2, 0.25) is 5.95 Å². The summed E-state index contributed by atoms with van der Waals surface area (Å²) in [5.74, 6) is 1.04. The summed E-state index contributed by atoms with van der Waals surface area (Å²) in [4.78, 5) is 4.61. The minimum atomic E-state index is 0.622. The van der Waals surface area contributed by atoms with Gasteiger partial charge in [0.15, 0.2) is 0 Å². The van der Waals surface area contributed by atoms with Crippen molar-refractivity contribution < 1.29 is 4.74 Å². The fourth-order valence-electron chi connectivity index (χ4n) is 2.77. The predicted molar refractivity (Wildman–Crippen MR) is 83.2 cm³/mol. The molecule has 0 aliphatic heterocycles. The van der Waals surface area contributed by atoms with E-state index in [0.29, 0.717) is 6.04 Å². The third-order valence-electron chi connectivity index (χ3n) is 3.92. The van der Waals surface area contributed by atoms with Crippen LogP contribution in [-0.4, -0.2) is 28.8 Å². The summed E-state index contributed by atoms with van der Waals surface area (Å²) in [6, 6.07) is 0.622. The highest BCUT2D eigenvalue weighted by molar-refractivity contribution is 5.30. The standard InChI is InChI=1S/C16H29N3O/c1-3-4-11-20-12-7-10-19-13-14(2)17-16(19)18-15-8-5-6-9-15/h13,15H,3-12H2,1-2H3,(H,17,18). The summed E-state index contributed by atoms with van der Waals surface area (Å²) in [7, 11) is 0. The zero-order valence-electron chi connectivity index (χ0n) is 13.0. The second-order valence-corrected chi connectivity index (χ2v) is 5.84. The van der Waals surface area contributed by atoms with Crippen LogP contribution in [0.15, 0.2) is 6.20 Å². The molecule has 114 valence electrons. The fraction of sp³-hybridized carbons (Fsp3) is 0.812. The fourth-order valence-corrected chi connectivity index (χ4v) is 2.77. The van der Waals surface area contributed by atoms with E-state index in [-0.39, 0.29) is 0 Å². The Hall–Kier alpha value is -1.03. The van der Waals surface area contributed by atoms with Crippen molar-refractivity contribution in [2.24, 2.45) is 0 Å². The summed E-state index contributed by atoms with van der Waals surface area (Å²) in [5.41, 5.74) is 1.09. The maximum atomic E-state index is 5.62. The van der Waals surface area contributed by atoms with E-state index in [9.17, 15) is 0 Å². The van der Waals surface area contributed by atoms with Crippen LogP contribution < -0.4 is 5.32 Å². The zero-order valence-corrected chi connectivity index (χ0v) is 13.0. The molecule has 1 heterocycles. The molecule has 1 saturated carbocycles. The monoisotopic (exact) mass is 279 g/mol. The number of hydrogen-bond donors (Lipinski definition) is 1. The second-order valence-electron chi connectivity index (χ2n) is 5.84. The van der Waals surface area contributed by atoms with Crippen molar-refractivity contribution in [1.82, 2.24) is 9.55 Å². The van der Waals surface area contributed by atoms with Crippen molar-refractivity contribution in [1.29, 1.82) is 0 Å². The number of nitrogens with one attached hydrogen (secondary N) is 1. The number of nitrogens with zero attached hydrogens (tertiary/aromatic N) is 2. The van der Waals surface area contributed by atoms with Gasteiger partial charge in [0.05, 0.1) is 5.69 Å². The molecular formula is C16H29N3O. The zero-order chi connectivity index (χ0) is 14.2. The van der Waals surface area contributed by atoms with Gasteiger partial charge in [-0.2, -0.15) is 0 Å². The van der Waals surface area contributed by atoms with Gasteiger partial charge in [-0.3, -0.25) is 0 Å². The number of imidazole rings is 1. The SMILES string of the molecule is CCCCOCCCn1cc(C)nc1NC1CCCC1. The third-order valence-corrected chi connectivity index (χ3v) is 3.92. The molecule has 1 aromatic heterocycles. The number of aryl methyl sites for hydroxylation is 2. The van der Waals surface area contributed by atoms with E-state index in [1.54, 1.807) is 0 Å². The van der Waals surface area contributed by atoms with E-state index in [0.717, 1.165) is 37.8 Å². The summed E-state index contributed by atoms with van der Waals surface area (Å²) in [6.45, 7) is 6.99. The van der Waals surface area contributed by atoms with Crippen LogP contribution >= 0.6 is 0 Å². The number of hydrogen-bond acceptors (Lipinski definition) is 3. The minimum absolute atomic E-state index is 0.622. The first kappa shape index (κ1) is 15.4. The molecule has 0 radical (unpaired) electrons. The average molecular weight is 279 g/mol.